The van der Waals surface area contributed by atoms with Crippen LogP contribution in [0.5, 0.6) is 11.5 Å². The zero-order valence-electron chi connectivity index (χ0n) is 22.0. The molecular weight excluding hydrogens is 494 g/mol. The van der Waals surface area contributed by atoms with E-state index < -0.39 is 23.3 Å². The summed E-state index contributed by atoms with van der Waals surface area (Å²) in [4.78, 5) is 14.6. The number of methoxy groups -OCH3 is 1. The van der Waals surface area contributed by atoms with Crippen LogP contribution in [-0.4, -0.2) is 37.3 Å². The second kappa shape index (κ2) is 11.2. The van der Waals surface area contributed by atoms with E-state index in [1.807, 2.05) is 44.2 Å². The van der Waals surface area contributed by atoms with Gasteiger partial charge in [0.05, 0.1) is 36.6 Å². The first-order valence-corrected chi connectivity index (χ1v) is 12.5. The SMILES string of the molecule is COc1ccc(C2C3CN(C(=O)OCc4ccccc4)CC=C3C(C#N)=C(N)C2(C#N)C#N)cc1OC(C)C. The van der Waals surface area contributed by atoms with Crippen molar-refractivity contribution in [3.63, 3.8) is 0 Å². The summed E-state index contributed by atoms with van der Waals surface area (Å²) in [5.41, 5.74) is 6.63. The Balaban J connectivity index is 1.78. The number of allylic oxidation sites excluding steroid dienone is 2. The second-order valence-corrected chi connectivity index (χ2v) is 9.70. The number of carbonyl (C=O) groups is 1. The quantitative estimate of drug-likeness (QED) is 0.581. The molecule has 0 spiro atoms. The third-order valence-electron chi connectivity index (χ3n) is 7.04. The number of amides is 1. The summed E-state index contributed by atoms with van der Waals surface area (Å²) >= 11 is 0. The number of nitrogens with two attached hydrogens (primary N) is 1. The second-order valence-electron chi connectivity index (χ2n) is 9.70. The Morgan fingerprint density at radius 3 is 2.46 bits per heavy atom. The molecule has 4 rings (SSSR count). The third-order valence-corrected chi connectivity index (χ3v) is 7.04. The average molecular weight is 524 g/mol. The van der Waals surface area contributed by atoms with Crippen molar-refractivity contribution in [1.29, 1.82) is 15.8 Å². The molecule has 2 N–H and O–H groups in total. The molecule has 2 aromatic rings. The summed E-state index contributed by atoms with van der Waals surface area (Å²) in [6.07, 6.45) is 1.06. The molecule has 0 saturated heterocycles. The van der Waals surface area contributed by atoms with Gasteiger partial charge in [-0.1, -0.05) is 42.5 Å². The minimum absolute atomic E-state index is 0.0928. The maximum Gasteiger partial charge on any atom is 0.410 e. The lowest BCUT2D eigenvalue weighted by molar-refractivity contribution is 0.0898. The van der Waals surface area contributed by atoms with E-state index >= 15 is 0 Å². The molecule has 0 aromatic heterocycles. The molecule has 2 aliphatic rings. The van der Waals surface area contributed by atoms with Crippen LogP contribution in [0.15, 0.2) is 71.5 Å². The molecule has 1 amide bonds. The molecule has 9 nitrogen and oxygen atoms in total. The van der Waals surface area contributed by atoms with E-state index in [1.54, 1.807) is 24.3 Å². The summed E-state index contributed by atoms with van der Waals surface area (Å²) in [5.74, 6) is -0.441. The van der Waals surface area contributed by atoms with Crippen LogP contribution in [-0.2, 0) is 11.3 Å². The summed E-state index contributed by atoms with van der Waals surface area (Å²) in [6, 6.07) is 20.9. The lowest BCUT2D eigenvalue weighted by Crippen LogP contribution is -2.49. The molecule has 9 heteroatoms. The zero-order valence-corrected chi connectivity index (χ0v) is 22.0. The molecule has 0 fully saturated rings. The minimum atomic E-state index is -1.85. The Bertz CT molecular complexity index is 1430. The molecule has 198 valence electrons. The van der Waals surface area contributed by atoms with Gasteiger partial charge < -0.3 is 24.8 Å². The smallest absolute Gasteiger partial charge is 0.410 e. The minimum Gasteiger partial charge on any atom is -0.493 e. The monoisotopic (exact) mass is 523 g/mol. The van der Waals surface area contributed by atoms with Gasteiger partial charge in [-0.15, -0.1) is 0 Å². The first kappa shape index (κ1) is 27.1. The Morgan fingerprint density at radius 1 is 1.13 bits per heavy atom. The molecule has 0 bridgehead atoms. The molecule has 1 heterocycles. The van der Waals surface area contributed by atoms with Gasteiger partial charge in [-0.2, -0.15) is 15.8 Å². The van der Waals surface area contributed by atoms with E-state index in [2.05, 4.69) is 18.2 Å². The summed E-state index contributed by atoms with van der Waals surface area (Å²) in [5, 5.41) is 30.7. The first-order valence-electron chi connectivity index (χ1n) is 12.5. The number of nitriles is 3. The van der Waals surface area contributed by atoms with Gasteiger partial charge in [-0.3, -0.25) is 0 Å². The number of nitrogens with zero attached hydrogens (tertiary/aromatic N) is 4. The van der Waals surface area contributed by atoms with Crippen molar-refractivity contribution < 1.29 is 19.0 Å². The highest BCUT2D eigenvalue weighted by Gasteiger charge is 2.55. The van der Waals surface area contributed by atoms with Crippen LogP contribution in [0.2, 0.25) is 0 Å². The van der Waals surface area contributed by atoms with Gasteiger partial charge in [-0.25, -0.2) is 4.79 Å². The van der Waals surface area contributed by atoms with Crippen LogP contribution in [0.4, 0.5) is 4.79 Å². The maximum atomic E-state index is 13.1. The van der Waals surface area contributed by atoms with Crippen molar-refractivity contribution in [3.8, 4) is 29.7 Å². The molecule has 0 radical (unpaired) electrons. The number of rotatable bonds is 6. The topological polar surface area (TPSA) is 145 Å². The molecule has 2 aromatic carbocycles. The fraction of sp³-hybridized carbons (Fsp3) is 0.333. The maximum absolute atomic E-state index is 13.1. The first-order chi connectivity index (χ1) is 18.8. The van der Waals surface area contributed by atoms with Crippen molar-refractivity contribution in [1.82, 2.24) is 4.90 Å². The fourth-order valence-corrected chi connectivity index (χ4v) is 5.25. The number of hydrogen-bond donors (Lipinski definition) is 1. The largest absolute Gasteiger partial charge is 0.493 e. The summed E-state index contributed by atoms with van der Waals surface area (Å²) < 4.78 is 17.0. The standard InChI is InChI=1S/C30H29N5O4/c1-19(2)39-26-13-21(9-10-25(26)37-3)27-24-15-35(29(36)38-16-20-7-5-4-6-8-20)12-11-22(24)23(14-31)28(34)30(27,17-32)18-33/h4-11,13,19,24,27H,12,15-16,34H2,1-3H3. The van der Waals surface area contributed by atoms with Gasteiger partial charge in [0.1, 0.15) is 12.7 Å². The summed E-state index contributed by atoms with van der Waals surface area (Å²) in [6.45, 7) is 4.18. The van der Waals surface area contributed by atoms with Crippen molar-refractivity contribution in [2.24, 2.45) is 17.1 Å². The molecule has 0 saturated carbocycles. The predicted molar refractivity (Wildman–Crippen MR) is 142 cm³/mol. The average Bonchev–Trinajstić information content (AvgIpc) is 2.95. The third kappa shape index (κ3) is 4.98. The van der Waals surface area contributed by atoms with Gasteiger partial charge in [0.2, 0.25) is 0 Å². The normalized spacial score (nSPS) is 19.6. The van der Waals surface area contributed by atoms with Gasteiger partial charge in [-0.05, 0) is 42.7 Å². The van der Waals surface area contributed by atoms with E-state index in [0.29, 0.717) is 22.6 Å². The van der Waals surface area contributed by atoms with Gasteiger partial charge in [0.15, 0.2) is 16.9 Å². The number of carbonyl (C=O) groups excluding carboxylic acids is 1. The lowest BCUT2D eigenvalue weighted by atomic mass is 9.58. The van der Waals surface area contributed by atoms with Crippen LogP contribution in [0.3, 0.4) is 0 Å². The Hall–Kier alpha value is -4.94. The molecule has 39 heavy (non-hydrogen) atoms. The van der Waals surface area contributed by atoms with Crippen LogP contribution in [0, 0.1) is 45.3 Å². The van der Waals surface area contributed by atoms with E-state index in [-0.39, 0.29) is 37.1 Å². The number of hydrogen-bond acceptors (Lipinski definition) is 8. The van der Waals surface area contributed by atoms with Gasteiger partial charge in [0, 0.05) is 24.9 Å². The highest BCUT2D eigenvalue weighted by Crippen LogP contribution is 2.55. The number of ether oxygens (including phenoxy) is 3. The molecule has 2 atom stereocenters. The summed E-state index contributed by atoms with van der Waals surface area (Å²) in [7, 11) is 1.53. The number of fused-ring (bicyclic) bond motifs is 1. The Morgan fingerprint density at radius 2 is 1.85 bits per heavy atom. The molecular formula is C30H29N5O4. The van der Waals surface area contributed by atoms with Crippen molar-refractivity contribution in [3.05, 3.63) is 82.6 Å². The van der Waals surface area contributed by atoms with Gasteiger partial charge in [0.25, 0.3) is 0 Å². The number of benzene rings is 2. The van der Waals surface area contributed by atoms with Crippen LogP contribution in [0.25, 0.3) is 0 Å². The molecule has 1 aliphatic carbocycles. The van der Waals surface area contributed by atoms with E-state index in [9.17, 15) is 20.6 Å². The fourth-order valence-electron chi connectivity index (χ4n) is 5.25. The highest BCUT2D eigenvalue weighted by atomic mass is 16.6. The van der Waals surface area contributed by atoms with E-state index in [0.717, 1.165) is 5.56 Å². The van der Waals surface area contributed by atoms with Crippen molar-refractivity contribution in [2.45, 2.75) is 32.5 Å². The predicted octanol–water partition coefficient (Wildman–Crippen LogP) is 4.54. The van der Waals surface area contributed by atoms with E-state index in [1.165, 1.54) is 12.0 Å². The zero-order chi connectivity index (χ0) is 28.2. The molecule has 1 aliphatic heterocycles. The lowest BCUT2D eigenvalue weighted by Gasteiger charge is -2.45. The Kier molecular flexibility index (Phi) is 7.79. The van der Waals surface area contributed by atoms with Crippen LogP contribution < -0.4 is 15.2 Å². The van der Waals surface area contributed by atoms with Crippen molar-refractivity contribution >= 4 is 6.09 Å². The van der Waals surface area contributed by atoms with Gasteiger partial charge >= 0.3 is 6.09 Å². The van der Waals surface area contributed by atoms with Crippen LogP contribution >= 0.6 is 0 Å². The van der Waals surface area contributed by atoms with Crippen molar-refractivity contribution in [2.75, 3.05) is 20.2 Å². The van der Waals surface area contributed by atoms with Crippen LogP contribution in [0.1, 0.15) is 30.9 Å². The highest BCUT2D eigenvalue weighted by molar-refractivity contribution is 5.69. The molecule has 2 unspecified atom stereocenters. The van der Waals surface area contributed by atoms with E-state index in [4.69, 9.17) is 19.9 Å². The Labute approximate surface area is 227 Å².